The summed E-state index contributed by atoms with van der Waals surface area (Å²) in [6.07, 6.45) is 0. The summed E-state index contributed by atoms with van der Waals surface area (Å²) in [6, 6.07) is 16.8. The molecule has 0 atom stereocenters. The van der Waals surface area contributed by atoms with Crippen LogP contribution in [0.5, 0.6) is 11.5 Å². The molecule has 1 heterocycles. The second-order valence-electron chi connectivity index (χ2n) is 9.30. The van der Waals surface area contributed by atoms with Crippen LogP contribution in [0.2, 0.25) is 16.6 Å². The first-order valence-electron chi connectivity index (χ1n) is 11.1. The summed E-state index contributed by atoms with van der Waals surface area (Å²) in [6.45, 7) is 16.6. The first-order valence-corrected chi connectivity index (χ1v) is 13.4. The van der Waals surface area contributed by atoms with Crippen LogP contribution in [0.3, 0.4) is 0 Å². The lowest BCUT2D eigenvalue weighted by atomic mass is 9.90. The van der Waals surface area contributed by atoms with Crippen molar-refractivity contribution < 1.29 is 9.47 Å². The van der Waals surface area contributed by atoms with Gasteiger partial charge in [0.1, 0.15) is 17.3 Å². The molecular weight excluding hydrogens is 384 g/mol. The maximum absolute atomic E-state index is 6.58. The van der Waals surface area contributed by atoms with Gasteiger partial charge < -0.3 is 9.47 Å². The molecule has 2 aromatic carbocycles. The molecule has 1 aliphatic rings. The van der Waals surface area contributed by atoms with Crippen LogP contribution in [0.25, 0.3) is 5.57 Å². The lowest BCUT2D eigenvalue weighted by Gasteiger charge is -2.41. The van der Waals surface area contributed by atoms with Gasteiger partial charge in [0.15, 0.2) is 0 Å². The molecule has 0 amide bonds. The fourth-order valence-corrected chi connectivity index (χ4v) is 11.0. The van der Waals surface area contributed by atoms with Gasteiger partial charge in [0.2, 0.25) is 0 Å². The molecule has 0 fully saturated rings. The van der Waals surface area contributed by atoms with Crippen molar-refractivity contribution in [1.82, 2.24) is 0 Å². The number of hydrogen-bond donors (Lipinski definition) is 0. The molecule has 0 aliphatic carbocycles. The topological polar surface area (TPSA) is 18.5 Å². The van der Waals surface area contributed by atoms with Crippen molar-refractivity contribution in [2.24, 2.45) is 0 Å². The third kappa shape index (κ3) is 3.88. The van der Waals surface area contributed by atoms with Crippen LogP contribution >= 0.6 is 0 Å². The van der Waals surface area contributed by atoms with E-state index < -0.39 is 8.07 Å². The van der Waals surface area contributed by atoms with Gasteiger partial charge in [0.25, 0.3) is 0 Å². The number of hydrogen-bond acceptors (Lipinski definition) is 2. The van der Waals surface area contributed by atoms with Gasteiger partial charge >= 0.3 is 0 Å². The Kier molecular flexibility index (Phi) is 6.61. The predicted octanol–water partition coefficient (Wildman–Crippen LogP) is 8.01. The van der Waals surface area contributed by atoms with E-state index in [0.29, 0.717) is 16.6 Å². The van der Waals surface area contributed by atoms with Crippen molar-refractivity contribution >= 4 is 13.6 Å². The molecule has 0 saturated carbocycles. The fourth-order valence-electron chi connectivity index (χ4n) is 5.28. The minimum Gasteiger partial charge on any atom is -0.497 e. The quantitative estimate of drug-likeness (QED) is 0.441. The van der Waals surface area contributed by atoms with Gasteiger partial charge in [-0.05, 0) is 58.5 Å². The molecule has 1 aliphatic heterocycles. The number of rotatable bonds is 6. The van der Waals surface area contributed by atoms with E-state index in [1.165, 1.54) is 16.7 Å². The highest BCUT2D eigenvalue weighted by molar-refractivity contribution is 6.88. The van der Waals surface area contributed by atoms with Crippen molar-refractivity contribution in [3.05, 3.63) is 76.7 Å². The summed E-state index contributed by atoms with van der Waals surface area (Å²) < 4.78 is 12.1. The summed E-state index contributed by atoms with van der Waals surface area (Å²) in [5, 5.41) is 0. The normalized spacial score (nSPS) is 15.8. The van der Waals surface area contributed by atoms with E-state index in [0.717, 1.165) is 22.8 Å². The number of fused-ring (bicyclic) bond motifs is 1. The monoisotopic (exact) mass is 420 g/mol. The minimum absolute atomic E-state index is 0.638. The summed E-state index contributed by atoms with van der Waals surface area (Å²) in [7, 11) is -0.0606. The zero-order valence-electron chi connectivity index (χ0n) is 19.7. The maximum atomic E-state index is 6.58. The van der Waals surface area contributed by atoms with Crippen LogP contribution in [0, 0.1) is 0 Å². The predicted molar refractivity (Wildman–Crippen MR) is 131 cm³/mol. The van der Waals surface area contributed by atoms with Crippen LogP contribution in [0.4, 0.5) is 0 Å². The highest BCUT2D eigenvalue weighted by Gasteiger charge is 2.42. The number of methoxy groups -OCH3 is 1. The minimum atomic E-state index is -1.77. The van der Waals surface area contributed by atoms with Gasteiger partial charge in [-0.15, -0.1) is 0 Å². The van der Waals surface area contributed by atoms with Crippen LogP contribution in [0.15, 0.2) is 65.6 Å². The van der Waals surface area contributed by atoms with Crippen LogP contribution in [0.1, 0.15) is 59.6 Å². The first kappa shape index (κ1) is 22.4. The van der Waals surface area contributed by atoms with Gasteiger partial charge in [-0.25, -0.2) is 0 Å². The van der Waals surface area contributed by atoms with E-state index in [2.05, 4.69) is 90.6 Å². The molecule has 3 heteroatoms. The van der Waals surface area contributed by atoms with Gasteiger partial charge in [-0.2, -0.15) is 0 Å². The van der Waals surface area contributed by atoms with Crippen molar-refractivity contribution in [2.45, 2.75) is 65.1 Å². The van der Waals surface area contributed by atoms with Crippen LogP contribution in [-0.2, 0) is 0 Å². The maximum Gasteiger partial charge on any atom is 0.135 e. The van der Waals surface area contributed by atoms with E-state index >= 15 is 0 Å². The highest BCUT2D eigenvalue weighted by Crippen LogP contribution is 2.47. The Labute approximate surface area is 183 Å². The molecule has 2 aromatic rings. The van der Waals surface area contributed by atoms with E-state index in [4.69, 9.17) is 9.47 Å². The molecular formula is C27H36O2Si. The molecule has 160 valence electrons. The number of allylic oxidation sites excluding steroid dienone is 1. The zero-order chi connectivity index (χ0) is 22.1. The third-order valence-electron chi connectivity index (χ3n) is 6.86. The summed E-state index contributed by atoms with van der Waals surface area (Å²) >= 11 is 0. The number of benzene rings is 2. The third-order valence-corrected chi connectivity index (χ3v) is 13.6. The van der Waals surface area contributed by atoms with Crippen LogP contribution < -0.4 is 9.47 Å². The average Bonchev–Trinajstić information content (AvgIpc) is 2.71. The Morgan fingerprint density at radius 1 is 0.867 bits per heavy atom. The Bertz CT molecular complexity index is 930. The highest BCUT2D eigenvalue weighted by atomic mass is 28.3. The Morgan fingerprint density at radius 3 is 2.00 bits per heavy atom. The molecule has 0 saturated heterocycles. The largest absolute Gasteiger partial charge is 0.497 e. The lowest BCUT2D eigenvalue weighted by Crippen LogP contribution is -2.43. The summed E-state index contributed by atoms with van der Waals surface area (Å²) in [5.41, 5.74) is 9.22. The van der Waals surface area contributed by atoms with Crippen molar-refractivity contribution in [2.75, 3.05) is 7.11 Å². The van der Waals surface area contributed by atoms with E-state index in [1.54, 1.807) is 7.11 Å². The first-order chi connectivity index (χ1) is 14.2. The fraction of sp³-hybridized carbons (Fsp3) is 0.407. The molecule has 0 radical (unpaired) electrons. The zero-order valence-corrected chi connectivity index (χ0v) is 20.7. The van der Waals surface area contributed by atoms with Crippen LogP contribution in [-0.4, -0.2) is 15.2 Å². The Hall–Kier alpha value is -2.26. The summed E-state index contributed by atoms with van der Waals surface area (Å²) in [4.78, 5) is 0. The summed E-state index contributed by atoms with van der Waals surface area (Å²) in [5.74, 6) is 2.79. The Morgan fingerprint density at radius 2 is 1.47 bits per heavy atom. The van der Waals surface area contributed by atoms with E-state index in [1.807, 2.05) is 12.1 Å². The molecule has 3 rings (SSSR count). The molecule has 0 spiro atoms. The molecule has 30 heavy (non-hydrogen) atoms. The second-order valence-corrected chi connectivity index (χ2v) is 15.1. The van der Waals surface area contributed by atoms with E-state index in [-0.39, 0.29) is 0 Å². The Balaban J connectivity index is 2.29. The van der Waals surface area contributed by atoms with Gasteiger partial charge in [0, 0.05) is 5.56 Å². The SMILES string of the molecule is COc1ccc2c(c1)C(c1ccccc1)=C(C)/C(=C/[Si](C(C)C)(C(C)C)C(C)C)O2. The smallest absolute Gasteiger partial charge is 0.135 e. The van der Waals surface area contributed by atoms with Crippen molar-refractivity contribution in [3.63, 3.8) is 0 Å². The molecule has 0 aromatic heterocycles. The molecule has 0 unspecified atom stereocenters. The van der Waals surface area contributed by atoms with Gasteiger partial charge in [-0.1, -0.05) is 77.6 Å². The average molecular weight is 421 g/mol. The van der Waals surface area contributed by atoms with Gasteiger partial charge in [-0.3, -0.25) is 0 Å². The van der Waals surface area contributed by atoms with Crippen molar-refractivity contribution in [3.8, 4) is 11.5 Å². The van der Waals surface area contributed by atoms with Gasteiger partial charge in [0.05, 0.1) is 15.2 Å². The second kappa shape index (κ2) is 8.85. The number of ether oxygens (including phenoxy) is 2. The van der Waals surface area contributed by atoms with Crippen molar-refractivity contribution in [1.29, 1.82) is 0 Å². The standard InChI is InChI=1S/C27H36O2Si/c1-18(2)30(19(3)4,20(5)6)17-26-21(7)27(22-12-10-9-11-13-22)24-16-23(28-8)14-15-25(24)29-26/h9-20H,1-8H3/b26-17-. The molecule has 0 N–H and O–H groups in total. The van der Waals surface area contributed by atoms with E-state index in [9.17, 15) is 0 Å². The molecule has 2 nitrogen and oxygen atoms in total. The lowest BCUT2D eigenvalue weighted by molar-refractivity contribution is 0.407. The molecule has 0 bridgehead atoms.